The second kappa shape index (κ2) is 8.04. The standard InChI is InChI=1S/C17H27N3O2S/c1-12-6-5-7-15(23-4)16(12)18-17(22)20-9-8-19(10-13(20)2)11-14(3)21/h5-7,13-14,21H,8-11H2,1-4H3,(H,18,22). The Morgan fingerprint density at radius 2 is 2.22 bits per heavy atom. The van der Waals surface area contributed by atoms with E-state index in [0.29, 0.717) is 13.1 Å². The number of carbonyl (C=O) groups excluding carboxylic acids is 1. The molecule has 1 heterocycles. The number of hydrogen-bond donors (Lipinski definition) is 2. The number of nitrogens with zero attached hydrogens (tertiary/aromatic N) is 2. The van der Waals surface area contributed by atoms with Crippen LogP contribution in [0.4, 0.5) is 10.5 Å². The summed E-state index contributed by atoms with van der Waals surface area (Å²) in [5.74, 6) is 0. The molecule has 23 heavy (non-hydrogen) atoms. The Morgan fingerprint density at radius 1 is 1.48 bits per heavy atom. The van der Waals surface area contributed by atoms with Gasteiger partial charge in [-0.25, -0.2) is 4.79 Å². The molecule has 2 amide bonds. The molecule has 6 heteroatoms. The van der Waals surface area contributed by atoms with Gasteiger partial charge in [0, 0.05) is 37.1 Å². The summed E-state index contributed by atoms with van der Waals surface area (Å²) in [6.45, 7) is 8.80. The number of hydrogen-bond acceptors (Lipinski definition) is 4. The zero-order valence-electron chi connectivity index (χ0n) is 14.4. The van der Waals surface area contributed by atoms with Gasteiger partial charge in [-0.3, -0.25) is 4.90 Å². The van der Waals surface area contributed by atoms with E-state index < -0.39 is 0 Å². The maximum absolute atomic E-state index is 12.7. The Hall–Kier alpha value is -1.24. The highest BCUT2D eigenvalue weighted by atomic mass is 32.2. The highest BCUT2D eigenvalue weighted by Gasteiger charge is 2.28. The SMILES string of the molecule is CSc1cccc(C)c1NC(=O)N1CCN(CC(C)O)CC1C. The normalized spacial score (nSPS) is 20.4. The topological polar surface area (TPSA) is 55.8 Å². The molecule has 2 N–H and O–H groups in total. The number of nitrogens with one attached hydrogen (secondary N) is 1. The summed E-state index contributed by atoms with van der Waals surface area (Å²) in [6.07, 6.45) is 1.68. The van der Waals surface area contributed by atoms with Crippen LogP contribution in [0, 0.1) is 6.92 Å². The van der Waals surface area contributed by atoms with Gasteiger partial charge < -0.3 is 15.3 Å². The molecule has 0 bridgehead atoms. The Kier molecular flexibility index (Phi) is 6.33. The van der Waals surface area contributed by atoms with Crippen molar-refractivity contribution in [3.63, 3.8) is 0 Å². The van der Waals surface area contributed by atoms with E-state index in [9.17, 15) is 9.90 Å². The van der Waals surface area contributed by atoms with Gasteiger partial charge in [0.1, 0.15) is 0 Å². The predicted octanol–water partition coefficient (Wildman–Crippen LogP) is 2.64. The minimum absolute atomic E-state index is 0.0428. The van der Waals surface area contributed by atoms with Gasteiger partial charge in [-0.05, 0) is 38.7 Å². The molecule has 0 aliphatic carbocycles. The molecule has 128 valence electrons. The first-order chi connectivity index (χ1) is 10.9. The van der Waals surface area contributed by atoms with Gasteiger partial charge in [0.05, 0.1) is 11.8 Å². The average Bonchev–Trinajstić information content (AvgIpc) is 2.48. The smallest absolute Gasteiger partial charge is 0.322 e. The first kappa shape index (κ1) is 18.1. The number of β-amino-alcohol motifs (C(OH)–C–C–N with tert-alkyl or cyclic N) is 1. The van der Waals surface area contributed by atoms with E-state index >= 15 is 0 Å². The van der Waals surface area contributed by atoms with E-state index in [0.717, 1.165) is 29.2 Å². The summed E-state index contributed by atoms with van der Waals surface area (Å²) in [6, 6.07) is 6.13. The van der Waals surface area contributed by atoms with Crippen LogP contribution in [0.1, 0.15) is 19.4 Å². The summed E-state index contributed by atoms with van der Waals surface area (Å²) < 4.78 is 0. The summed E-state index contributed by atoms with van der Waals surface area (Å²) >= 11 is 1.64. The summed E-state index contributed by atoms with van der Waals surface area (Å²) in [5.41, 5.74) is 1.98. The zero-order valence-corrected chi connectivity index (χ0v) is 15.2. The van der Waals surface area contributed by atoms with Crippen LogP contribution in [-0.2, 0) is 0 Å². The van der Waals surface area contributed by atoms with Gasteiger partial charge in [-0.15, -0.1) is 11.8 Å². The van der Waals surface area contributed by atoms with Gasteiger partial charge in [-0.2, -0.15) is 0 Å². The first-order valence-corrected chi connectivity index (χ1v) is 9.26. The molecule has 5 nitrogen and oxygen atoms in total. The van der Waals surface area contributed by atoms with E-state index in [4.69, 9.17) is 0 Å². The number of thioether (sulfide) groups is 1. The van der Waals surface area contributed by atoms with Gasteiger partial charge >= 0.3 is 6.03 Å². The zero-order chi connectivity index (χ0) is 17.0. The molecule has 2 rings (SSSR count). The van der Waals surface area contributed by atoms with Crippen LogP contribution in [0.3, 0.4) is 0 Å². The van der Waals surface area contributed by atoms with Crippen LogP contribution in [0.5, 0.6) is 0 Å². The number of carbonyl (C=O) groups is 1. The molecule has 1 aliphatic rings. The van der Waals surface area contributed by atoms with E-state index in [1.807, 2.05) is 36.3 Å². The lowest BCUT2D eigenvalue weighted by Crippen LogP contribution is -2.56. The van der Waals surface area contributed by atoms with Crippen molar-refractivity contribution in [2.24, 2.45) is 0 Å². The molecular weight excluding hydrogens is 310 g/mol. The molecule has 0 aromatic heterocycles. The number of aliphatic hydroxyl groups is 1. The Balaban J connectivity index is 2.02. The molecule has 1 fully saturated rings. The number of rotatable bonds is 4. The fourth-order valence-corrected chi connectivity index (χ4v) is 3.65. The van der Waals surface area contributed by atoms with E-state index in [1.165, 1.54) is 0 Å². The Labute approximate surface area is 143 Å². The number of urea groups is 1. The van der Waals surface area contributed by atoms with Crippen molar-refractivity contribution in [1.82, 2.24) is 9.80 Å². The number of amides is 2. The molecule has 1 aromatic carbocycles. The van der Waals surface area contributed by atoms with Crippen molar-refractivity contribution in [1.29, 1.82) is 0 Å². The first-order valence-electron chi connectivity index (χ1n) is 8.04. The van der Waals surface area contributed by atoms with Gasteiger partial charge in [0.2, 0.25) is 0 Å². The van der Waals surface area contributed by atoms with Crippen molar-refractivity contribution >= 4 is 23.5 Å². The number of benzene rings is 1. The monoisotopic (exact) mass is 337 g/mol. The van der Waals surface area contributed by atoms with E-state index in [2.05, 4.69) is 17.1 Å². The molecule has 2 unspecified atom stereocenters. The minimum Gasteiger partial charge on any atom is -0.392 e. The third-order valence-electron chi connectivity index (χ3n) is 4.18. The maximum atomic E-state index is 12.7. The highest BCUT2D eigenvalue weighted by Crippen LogP contribution is 2.29. The van der Waals surface area contributed by atoms with Crippen LogP contribution >= 0.6 is 11.8 Å². The van der Waals surface area contributed by atoms with Crippen molar-refractivity contribution < 1.29 is 9.90 Å². The molecule has 1 saturated heterocycles. The quantitative estimate of drug-likeness (QED) is 0.830. The fraction of sp³-hybridized carbons (Fsp3) is 0.588. The van der Waals surface area contributed by atoms with Crippen LogP contribution in [0.15, 0.2) is 23.1 Å². The van der Waals surface area contributed by atoms with Crippen LogP contribution in [-0.4, -0.2) is 65.5 Å². The molecule has 2 atom stereocenters. The lowest BCUT2D eigenvalue weighted by atomic mass is 10.1. The molecule has 0 spiro atoms. The lowest BCUT2D eigenvalue weighted by molar-refractivity contribution is 0.0691. The number of aliphatic hydroxyl groups excluding tert-OH is 1. The molecular formula is C17H27N3O2S. The summed E-state index contributed by atoms with van der Waals surface area (Å²) in [5, 5.41) is 12.6. The number of para-hydroxylation sites is 1. The van der Waals surface area contributed by atoms with E-state index in [-0.39, 0.29) is 18.2 Å². The molecule has 0 saturated carbocycles. The van der Waals surface area contributed by atoms with Crippen LogP contribution < -0.4 is 5.32 Å². The second-order valence-corrected chi connectivity index (χ2v) is 7.08. The maximum Gasteiger partial charge on any atom is 0.322 e. The van der Waals surface area contributed by atoms with Crippen molar-refractivity contribution in [3.8, 4) is 0 Å². The van der Waals surface area contributed by atoms with Crippen LogP contribution in [0.2, 0.25) is 0 Å². The van der Waals surface area contributed by atoms with Crippen molar-refractivity contribution in [2.75, 3.05) is 37.8 Å². The largest absolute Gasteiger partial charge is 0.392 e. The second-order valence-electron chi connectivity index (χ2n) is 6.23. The molecule has 1 aliphatic heterocycles. The van der Waals surface area contributed by atoms with Gasteiger partial charge in [-0.1, -0.05) is 12.1 Å². The fourth-order valence-electron chi connectivity index (χ4n) is 3.02. The number of anilines is 1. The number of aryl methyl sites for hydroxylation is 1. The summed E-state index contributed by atoms with van der Waals surface area (Å²) in [4.78, 5) is 17.8. The van der Waals surface area contributed by atoms with Crippen LogP contribution in [0.25, 0.3) is 0 Å². The predicted molar refractivity (Wildman–Crippen MR) is 96.3 cm³/mol. The van der Waals surface area contributed by atoms with Crippen molar-refractivity contribution in [2.45, 2.75) is 37.8 Å². The van der Waals surface area contributed by atoms with Gasteiger partial charge in [0.15, 0.2) is 0 Å². The third kappa shape index (κ3) is 4.62. The molecule has 0 radical (unpaired) electrons. The lowest BCUT2D eigenvalue weighted by Gasteiger charge is -2.40. The number of piperazine rings is 1. The Morgan fingerprint density at radius 3 is 2.83 bits per heavy atom. The highest BCUT2D eigenvalue weighted by molar-refractivity contribution is 7.98. The average molecular weight is 337 g/mol. The minimum atomic E-state index is -0.335. The summed E-state index contributed by atoms with van der Waals surface area (Å²) in [7, 11) is 0. The van der Waals surface area contributed by atoms with Crippen molar-refractivity contribution in [3.05, 3.63) is 23.8 Å². The Bertz CT molecular complexity index is 551. The molecule has 1 aromatic rings. The third-order valence-corrected chi connectivity index (χ3v) is 4.96. The van der Waals surface area contributed by atoms with E-state index in [1.54, 1.807) is 18.7 Å². The van der Waals surface area contributed by atoms with Gasteiger partial charge in [0.25, 0.3) is 0 Å².